The van der Waals surface area contributed by atoms with Gasteiger partial charge < -0.3 is 0 Å². The molecule has 0 radical (unpaired) electrons. The van der Waals surface area contributed by atoms with E-state index in [1.54, 1.807) is 0 Å². The summed E-state index contributed by atoms with van der Waals surface area (Å²) < 4.78 is 2.23. The number of pyridine rings is 1. The van der Waals surface area contributed by atoms with Crippen molar-refractivity contribution in [2.45, 2.75) is 32.4 Å². The van der Waals surface area contributed by atoms with E-state index in [9.17, 15) is 0 Å². The van der Waals surface area contributed by atoms with Crippen LogP contribution in [0.25, 0.3) is 11.2 Å². The molecule has 2 aromatic rings. The van der Waals surface area contributed by atoms with Crippen molar-refractivity contribution in [1.82, 2.24) is 19.4 Å². The molecule has 0 aliphatic carbocycles. The van der Waals surface area contributed by atoms with Crippen molar-refractivity contribution in [3.8, 4) is 0 Å². The van der Waals surface area contributed by atoms with E-state index in [-0.39, 0.29) is 0 Å². The summed E-state index contributed by atoms with van der Waals surface area (Å²) in [4.78, 5) is 11.4. The van der Waals surface area contributed by atoms with Gasteiger partial charge in [-0.2, -0.15) is 0 Å². The van der Waals surface area contributed by atoms with Gasteiger partial charge in [0.05, 0.1) is 12.5 Å². The third kappa shape index (κ3) is 1.82. The minimum Gasteiger partial charge on any atom is -0.299 e. The maximum Gasteiger partial charge on any atom is 0.161 e. The highest BCUT2D eigenvalue weighted by Crippen LogP contribution is 2.27. The summed E-state index contributed by atoms with van der Waals surface area (Å²) >= 11 is 0. The number of hydrogen-bond acceptors (Lipinski definition) is 3. The Balaban J connectivity index is 2.01. The number of nitrogens with zero attached hydrogens (tertiary/aromatic N) is 4. The fourth-order valence-electron chi connectivity index (χ4n) is 2.74. The molecule has 1 atom stereocenters. The topological polar surface area (TPSA) is 34.0 Å². The standard InChI is InChI=1S/C13H18N4/c1-2-16-9-4-3-7-12(16)17-10-15-11-6-5-8-14-13(11)17/h5-6,8,10,12H,2-4,7,9H2,1H3. The molecule has 0 saturated carbocycles. The van der Waals surface area contributed by atoms with Gasteiger partial charge in [0.15, 0.2) is 5.65 Å². The molecule has 0 N–H and O–H groups in total. The van der Waals surface area contributed by atoms with E-state index in [4.69, 9.17) is 0 Å². The number of hydrogen-bond donors (Lipinski definition) is 0. The Morgan fingerprint density at radius 1 is 1.35 bits per heavy atom. The second-order valence-electron chi connectivity index (χ2n) is 4.60. The van der Waals surface area contributed by atoms with E-state index in [1.807, 2.05) is 24.7 Å². The van der Waals surface area contributed by atoms with E-state index >= 15 is 0 Å². The van der Waals surface area contributed by atoms with Gasteiger partial charge in [-0.25, -0.2) is 9.97 Å². The highest BCUT2D eigenvalue weighted by Gasteiger charge is 2.23. The van der Waals surface area contributed by atoms with Crippen LogP contribution in [0.5, 0.6) is 0 Å². The van der Waals surface area contributed by atoms with E-state index in [2.05, 4.69) is 26.4 Å². The van der Waals surface area contributed by atoms with Crippen molar-refractivity contribution in [3.05, 3.63) is 24.7 Å². The van der Waals surface area contributed by atoms with Crippen molar-refractivity contribution in [1.29, 1.82) is 0 Å². The Bertz CT molecular complexity index is 505. The summed E-state index contributed by atoms with van der Waals surface area (Å²) in [7, 11) is 0. The first-order valence-corrected chi connectivity index (χ1v) is 6.41. The molecule has 0 amide bonds. The zero-order valence-corrected chi connectivity index (χ0v) is 10.2. The first kappa shape index (κ1) is 10.7. The van der Waals surface area contributed by atoms with Crippen molar-refractivity contribution in [2.75, 3.05) is 13.1 Å². The molecule has 1 fully saturated rings. The summed E-state index contributed by atoms with van der Waals surface area (Å²) in [6, 6.07) is 3.97. The lowest BCUT2D eigenvalue weighted by atomic mass is 10.1. The largest absolute Gasteiger partial charge is 0.299 e. The van der Waals surface area contributed by atoms with Crippen LogP contribution in [0.3, 0.4) is 0 Å². The number of rotatable bonds is 2. The van der Waals surface area contributed by atoms with Crippen molar-refractivity contribution in [3.63, 3.8) is 0 Å². The normalized spacial score (nSPS) is 22.1. The third-order valence-corrected chi connectivity index (χ3v) is 3.64. The van der Waals surface area contributed by atoms with E-state index in [1.165, 1.54) is 25.8 Å². The average molecular weight is 230 g/mol. The van der Waals surface area contributed by atoms with Crippen LogP contribution in [0, 0.1) is 0 Å². The van der Waals surface area contributed by atoms with Crippen LogP contribution in [0.15, 0.2) is 24.7 Å². The van der Waals surface area contributed by atoms with Crippen LogP contribution >= 0.6 is 0 Å². The lowest BCUT2D eigenvalue weighted by Crippen LogP contribution is -2.36. The molecular weight excluding hydrogens is 212 g/mol. The number of imidazole rings is 1. The summed E-state index contributed by atoms with van der Waals surface area (Å²) in [5.41, 5.74) is 2.01. The predicted octanol–water partition coefficient (Wildman–Crippen LogP) is 2.44. The lowest BCUT2D eigenvalue weighted by Gasteiger charge is -2.35. The number of likely N-dealkylation sites (tertiary alicyclic amines) is 1. The van der Waals surface area contributed by atoms with Crippen molar-refractivity contribution < 1.29 is 0 Å². The summed E-state index contributed by atoms with van der Waals surface area (Å²) in [5.74, 6) is 0. The zero-order valence-electron chi connectivity index (χ0n) is 10.2. The monoisotopic (exact) mass is 230 g/mol. The Morgan fingerprint density at radius 2 is 2.29 bits per heavy atom. The fourth-order valence-corrected chi connectivity index (χ4v) is 2.74. The summed E-state index contributed by atoms with van der Waals surface area (Å²) in [5, 5.41) is 0. The molecule has 1 unspecified atom stereocenters. The number of piperidine rings is 1. The highest BCUT2D eigenvalue weighted by molar-refractivity contribution is 5.70. The molecule has 0 bridgehead atoms. The minimum absolute atomic E-state index is 0.439. The van der Waals surface area contributed by atoms with Gasteiger partial charge in [-0.05, 0) is 37.9 Å². The van der Waals surface area contributed by atoms with E-state index < -0.39 is 0 Å². The van der Waals surface area contributed by atoms with Crippen LogP contribution in [0.1, 0.15) is 32.4 Å². The summed E-state index contributed by atoms with van der Waals surface area (Å²) in [6.07, 6.45) is 8.04. The molecule has 4 nitrogen and oxygen atoms in total. The van der Waals surface area contributed by atoms with Crippen LogP contribution < -0.4 is 0 Å². The molecule has 1 aliphatic heterocycles. The maximum absolute atomic E-state index is 4.46. The number of aromatic nitrogens is 3. The number of fused-ring (bicyclic) bond motifs is 1. The van der Waals surface area contributed by atoms with E-state index in [0.717, 1.165) is 17.7 Å². The third-order valence-electron chi connectivity index (χ3n) is 3.64. The smallest absolute Gasteiger partial charge is 0.161 e. The maximum atomic E-state index is 4.46. The van der Waals surface area contributed by atoms with Gasteiger partial charge in [-0.3, -0.25) is 9.47 Å². The lowest BCUT2D eigenvalue weighted by molar-refractivity contribution is 0.105. The molecule has 17 heavy (non-hydrogen) atoms. The predicted molar refractivity (Wildman–Crippen MR) is 67.7 cm³/mol. The van der Waals surface area contributed by atoms with Crippen LogP contribution in [0.2, 0.25) is 0 Å². The van der Waals surface area contributed by atoms with Gasteiger partial charge in [0.2, 0.25) is 0 Å². The first-order valence-electron chi connectivity index (χ1n) is 6.41. The van der Waals surface area contributed by atoms with E-state index in [0.29, 0.717) is 6.17 Å². The molecular formula is C13H18N4. The quantitative estimate of drug-likeness (QED) is 0.794. The molecule has 3 heterocycles. The molecule has 0 aromatic carbocycles. The second-order valence-corrected chi connectivity index (χ2v) is 4.60. The van der Waals surface area contributed by atoms with Crippen LogP contribution in [-0.4, -0.2) is 32.5 Å². The Kier molecular flexibility index (Phi) is 2.81. The molecule has 0 spiro atoms. The van der Waals surface area contributed by atoms with Gasteiger partial charge in [-0.15, -0.1) is 0 Å². The Hall–Kier alpha value is -1.42. The van der Waals surface area contributed by atoms with Gasteiger partial charge in [0.1, 0.15) is 5.52 Å². The van der Waals surface area contributed by atoms with Gasteiger partial charge >= 0.3 is 0 Å². The Labute approximate surface area is 101 Å². The van der Waals surface area contributed by atoms with Crippen LogP contribution in [-0.2, 0) is 0 Å². The van der Waals surface area contributed by atoms with Crippen molar-refractivity contribution >= 4 is 11.2 Å². The molecule has 4 heteroatoms. The van der Waals surface area contributed by atoms with Gasteiger partial charge in [0, 0.05) is 12.7 Å². The zero-order chi connectivity index (χ0) is 11.7. The SMILES string of the molecule is CCN1CCCCC1n1cnc2cccnc21. The molecule has 2 aromatic heterocycles. The summed E-state index contributed by atoms with van der Waals surface area (Å²) in [6.45, 7) is 4.51. The molecule has 1 aliphatic rings. The molecule has 3 rings (SSSR count). The second kappa shape index (κ2) is 4.45. The molecule has 90 valence electrons. The fraction of sp³-hybridized carbons (Fsp3) is 0.538. The van der Waals surface area contributed by atoms with Gasteiger partial charge in [0.25, 0.3) is 0 Å². The highest BCUT2D eigenvalue weighted by atomic mass is 15.3. The van der Waals surface area contributed by atoms with Crippen LogP contribution in [0.4, 0.5) is 0 Å². The average Bonchev–Trinajstić information content (AvgIpc) is 2.82. The minimum atomic E-state index is 0.439. The van der Waals surface area contributed by atoms with Gasteiger partial charge in [-0.1, -0.05) is 6.92 Å². The van der Waals surface area contributed by atoms with Crippen molar-refractivity contribution in [2.24, 2.45) is 0 Å². The Morgan fingerprint density at radius 3 is 3.18 bits per heavy atom. The first-order chi connectivity index (χ1) is 8.40. The molecule has 1 saturated heterocycles.